The number of carboxylic acid groups (broad SMARTS) is 1. The number of carbonyl (C=O) groups is 2. The summed E-state index contributed by atoms with van der Waals surface area (Å²) in [5.41, 5.74) is 2.27. The molecule has 2 aromatic rings. The Kier molecular flexibility index (Phi) is 6.39. The van der Waals surface area contributed by atoms with Gasteiger partial charge in [-0.25, -0.2) is 4.79 Å². The Bertz CT molecular complexity index is 907. The van der Waals surface area contributed by atoms with E-state index in [0.717, 1.165) is 43.6 Å². The summed E-state index contributed by atoms with van der Waals surface area (Å²) in [7, 11) is 0. The van der Waals surface area contributed by atoms with E-state index >= 15 is 0 Å². The fourth-order valence-corrected chi connectivity index (χ4v) is 4.74. The Labute approximate surface area is 183 Å². The number of morpholine rings is 1. The average Bonchev–Trinajstić information content (AvgIpc) is 2.78. The zero-order valence-corrected chi connectivity index (χ0v) is 18.0. The van der Waals surface area contributed by atoms with Crippen molar-refractivity contribution in [3.8, 4) is 0 Å². The van der Waals surface area contributed by atoms with Gasteiger partial charge in [0.2, 0.25) is 5.91 Å². The van der Waals surface area contributed by atoms with Crippen LogP contribution in [0.3, 0.4) is 0 Å². The molecule has 31 heavy (non-hydrogen) atoms. The molecule has 6 heteroatoms. The molecule has 1 unspecified atom stereocenters. The van der Waals surface area contributed by atoms with E-state index in [1.807, 2.05) is 35.2 Å². The fourth-order valence-electron chi connectivity index (χ4n) is 4.74. The minimum absolute atomic E-state index is 0.0589. The van der Waals surface area contributed by atoms with Gasteiger partial charge in [-0.2, -0.15) is 0 Å². The van der Waals surface area contributed by atoms with Gasteiger partial charge in [-0.05, 0) is 62.0 Å². The van der Waals surface area contributed by atoms with Crippen molar-refractivity contribution in [1.29, 1.82) is 0 Å². The van der Waals surface area contributed by atoms with Crippen LogP contribution in [0.2, 0.25) is 0 Å². The van der Waals surface area contributed by atoms with Crippen LogP contribution >= 0.6 is 0 Å². The van der Waals surface area contributed by atoms with Crippen LogP contribution in [-0.4, -0.2) is 58.6 Å². The van der Waals surface area contributed by atoms with Crippen LogP contribution in [0.5, 0.6) is 0 Å². The van der Waals surface area contributed by atoms with Crippen LogP contribution < -0.4 is 0 Å². The van der Waals surface area contributed by atoms with Gasteiger partial charge in [0.15, 0.2) is 0 Å². The van der Waals surface area contributed by atoms with Crippen molar-refractivity contribution in [2.75, 3.05) is 26.2 Å². The maximum Gasteiger partial charge on any atom is 0.335 e. The van der Waals surface area contributed by atoms with Crippen molar-refractivity contribution in [3.63, 3.8) is 0 Å². The van der Waals surface area contributed by atoms with Crippen LogP contribution in [0.25, 0.3) is 0 Å². The van der Waals surface area contributed by atoms with Crippen molar-refractivity contribution in [3.05, 3.63) is 71.3 Å². The first-order chi connectivity index (χ1) is 14.9. The maximum atomic E-state index is 12.4. The van der Waals surface area contributed by atoms with Gasteiger partial charge < -0.3 is 14.7 Å². The van der Waals surface area contributed by atoms with Crippen LogP contribution in [0.15, 0.2) is 54.6 Å². The Balaban J connectivity index is 1.33. The number of nitrogens with zero attached hydrogens (tertiary/aromatic N) is 2. The summed E-state index contributed by atoms with van der Waals surface area (Å²) < 4.78 is 6.11. The second-order valence-corrected chi connectivity index (χ2v) is 8.89. The third-order valence-electron chi connectivity index (χ3n) is 6.66. The number of likely N-dealkylation sites (tertiary alicyclic amines) is 1. The molecule has 2 heterocycles. The lowest BCUT2D eigenvalue weighted by atomic mass is 9.80. The standard InChI is InChI=1S/C25H30N2O4/c1-25(18-27(23(28)17-31-25)16-19-5-3-2-4-6-19)22-11-13-26(14-12-22)15-20-7-9-21(10-8-20)24(29)30/h2-10,22H,11-18H2,1H3,(H,29,30). The zero-order chi connectivity index (χ0) is 21.8. The second kappa shape index (κ2) is 9.20. The first kappa shape index (κ1) is 21.5. The molecule has 1 N–H and O–H groups in total. The smallest absolute Gasteiger partial charge is 0.335 e. The molecule has 0 spiro atoms. The van der Waals surface area contributed by atoms with E-state index in [9.17, 15) is 9.59 Å². The van der Waals surface area contributed by atoms with Crippen LogP contribution in [0.1, 0.15) is 41.3 Å². The number of piperidine rings is 1. The number of rotatable bonds is 6. The molecule has 1 amide bonds. The fraction of sp³-hybridized carbons (Fsp3) is 0.440. The predicted octanol–water partition coefficient (Wildman–Crippen LogP) is 3.41. The van der Waals surface area contributed by atoms with Gasteiger partial charge in [-0.3, -0.25) is 9.69 Å². The molecule has 6 nitrogen and oxygen atoms in total. The van der Waals surface area contributed by atoms with Crippen molar-refractivity contribution in [1.82, 2.24) is 9.80 Å². The minimum atomic E-state index is -0.895. The lowest BCUT2D eigenvalue weighted by Crippen LogP contribution is -2.57. The molecule has 2 aromatic carbocycles. The number of hydrogen-bond acceptors (Lipinski definition) is 4. The Morgan fingerprint density at radius 3 is 2.32 bits per heavy atom. The molecule has 2 aliphatic heterocycles. The maximum absolute atomic E-state index is 12.4. The van der Waals surface area contributed by atoms with Crippen LogP contribution in [-0.2, 0) is 22.6 Å². The highest BCUT2D eigenvalue weighted by Gasteiger charge is 2.43. The first-order valence-electron chi connectivity index (χ1n) is 10.9. The van der Waals surface area contributed by atoms with E-state index in [4.69, 9.17) is 9.84 Å². The van der Waals surface area contributed by atoms with E-state index in [1.165, 1.54) is 0 Å². The lowest BCUT2D eigenvalue weighted by molar-refractivity contribution is -0.174. The number of carboxylic acids is 1. The van der Waals surface area contributed by atoms with Crippen molar-refractivity contribution in [2.24, 2.45) is 5.92 Å². The third-order valence-corrected chi connectivity index (χ3v) is 6.66. The molecular formula is C25H30N2O4. The molecule has 0 radical (unpaired) electrons. The van der Waals surface area contributed by atoms with Crippen LogP contribution in [0.4, 0.5) is 0 Å². The topological polar surface area (TPSA) is 70.1 Å². The van der Waals surface area contributed by atoms with Gasteiger partial charge in [-0.1, -0.05) is 42.5 Å². The summed E-state index contributed by atoms with van der Waals surface area (Å²) in [6.07, 6.45) is 2.05. The number of aromatic carboxylic acids is 1. The molecule has 0 aliphatic carbocycles. The van der Waals surface area contributed by atoms with Gasteiger partial charge in [0.05, 0.1) is 17.7 Å². The molecule has 2 aliphatic rings. The normalized spacial score (nSPS) is 23.1. The van der Waals surface area contributed by atoms with Gasteiger partial charge in [0.1, 0.15) is 6.61 Å². The van der Waals surface area contributed by atoms with Crippen LogP contribution in [0, 0.1) is 5.92 Å². The second-order valence-electron chi connectivity index (χ2n) is 8.89. The van der Waals surface area contributed by atoms with Crippen molar-refractivity contribution >= 4 is 11.9 Å². The van der Waals surface area contributed by atoms with Crippen molar-refractivity contribution in [2.45, 2.75) is 38.5 Å². The zero-order valence-electron chi connectivity index (χ0n) is 18.0. The summed E-state index contributed by atoms with van der Waals surface area (Å²) in [5, 5.41) is 9.05. The molecule has 164 valence electrons. The highest BCUT2D eigenvalue weighted by molar-refractivity contribution is 5.87. The first-order valence-corrected chi connectivity index (χ1v) is 10.9. The highest BCUT2D eigenvalue weighted by Crippen LogP contribution is 2.35. The van der Waals surface area contributed by atoms with E-state index < -0.39 is 5.97 Å². The number of amides is 1. The van der Waals surface area contributed by atoms with Gasteiger partial charge in [0, 0.05) is 13.1 Å². The van der Waals surface area contributed by atoms with Gasteiger partial charge in [-0.15, -0.1) is 0 Å². The molecule has 0 saturated carbocycles. The van der Waals surface area contributed by atoms with Crippen molar-refractivity contribution < 1.29 is 19.4 Å². The summed E-state index contributed by atoms with van der Waals surface area (Å²) in [5.74, 6) is -0.430. The summed E-state index contributed by atoms with van der Waals surface area (Å²) in [6.45, 7) is 6.32. The summed E-state index contributed by atoms with van der Waals surface area (Å²) in [6, 6.07) is 17.2. The van der Waals surface area contributed by atoms with E-state index in [1.54, 1.807) is 12.1 Å². The molecular weight excluding hydrogens is 392 g/mol. The highest BCUT2D eigenvalue weighted by atomic mass is 16.5. The number of hydrogen-bond donors (Lipinski definition) is 1. The predicted molar refractivity (Wildman–Crippen MR) is 118 cm³/mol. The molecule has 2 fully saturated rings. The summed E-state index contributed by atoms with van der Waals surface area (Å²) in [4.78, 5) is 27.8. The van der Waals surface area contributed by atoms with Gasteiger partial charge in [0.25, 0.3) is 0 Å². The SMILES string of the molecule is CC1(C2CCN(Cc3ccc(C(=O)O)cc3)CC2)CN(Cc2ccccc2)C(=O)CO1. The molecule has 0 aromatic heterocycles. The van der Waals surface area contributed by atoms with Gasteiger partial charge >= 0.3 is 5.97 Å². The Morgan fingerprint density at radius 1 is 1.03 bits per heavy atom. The quantitative estimate of drug-likeness (QED) is 0.773. The molecule has 1 atom stereocenters. The van der Waals surface area contributed by atoms with E-state index in [0.29, 0.717) is 24.6 Å². The number of ether oxygens (including phenoxy) is 1. The monoisotopic (exact) mass is 422 g/mol. The lowest BCUT2D eigenvalue weighted by Gasteiger charge is -2.47. The Hall–Kier alpha value is -2.70. The molecule has 0 bridgehead atoms. The van der Waals surface area contributed by atoms with E-state index in [-0.39, 0.29) is 18.1 Å². The number of benzene rings is 2. The number of carbonyl (C=O) groups excluding carboxylic acids is 1. The van der Waals surface area contributed by atoms with E-state index in [2.05, 4.69) is 24.0 Å². The minimum Gasteiger partial charge on any atom is -0.478 e. The summed E-state index contributed by atoms with van der Waals surface area (Å²) >= 11 is 0. The third kappa shape index (κ3) is 5.14. The molecule has 2 saturated heterocycles. The largest absolute Gasteiger partial charge is 0.478 e. The Morgan fingerprint density at radius 2 is 1.68 bits per heavy atom. The molecule has 4 rings (SSSR count). The average molecular weight is 423 g/mol.